The van der Waals surface area contributed by atoms with Crippen molar-refractivity contribution >= 4 is 23.3 Å². The van der Waals surface area contributed by atoms with Gasteiger partial charge in [0.2, 0.25) is 0 Å². The Balaban J connectivity index is 2.30. The number of aryl methyl sites for hydroxylation is 1. The number of rotatable bonds is 7. The lowest BCUT2D eigenvalue weighted by Gasteiger charge is -2.13. The molecule has 1 atom stereocenters. The molecule has 0 aliphatic heterocycles. The van der Waals surface area contributed by atoms with Crippen LogP contribution in [0.1, 0.15) is 17.1 Å². The van der Waals surface area contributed by atoms with Crippen molar-refractivity contribution in [3.8, 4) is 0 Å². The molecule has 1 aromatic heterocycles. The van der Waals surface area contributed by atoms with Crippen LogP contribution in [0.25, 0.3) is 0 Å². The second-order valence-electron chi connectivity index (χ2n) is 3.92. The first-order valence-electron chi connectivity index (χ1n) is 5.82. The van der Waals surface area contributed by atoms with Crippen LogP contribution < -0.4 is 10.6 Å². The fraction of sp³-hybridized carbons (Fsp3) is 0.417. The van der Waals surface area contributed by atoms with Crippen LogP contribution in [-0.4, -0.2) is 34.7 Å². The molecule has 104 valence electrons. The number of nitrogens with zero attached hydrogens (tertiary/aromatic N) is 1. The Morgan fingerprint density at radius 3 is 2.89 bits per heavy atom. The third-order valence-electron chi connectivity index (χ3n) is 2.34. The minimum Gasteiger partial charge on any atom is -0.480 e. The molecule has 0 radical (unpaired) electrons. The number of carboxylic acid groups (broad SMARTS) is 1. The lowest BCUT2D eigenvalue weighted by molar-refractivity contribution is -0.139. The number of thiazole rings is 1. The molecule has 0 spiro atoms. The van der Waals surface area contributed by atoms with Gasteiger partial charge in [0.1, 0.15) is 6.04 Å². The van der Waals surface area contributed by atoms with E-state index in [0.29, 0.717) is 13.0 Å². The Labute approximate surface area is 115 Å². The highest BCUT2D eigenvalue weighted by atomic mass is 32.1. The highest BCUT2D eigenvalue weighted by molar-refractivity contribution is 7.09. The molecule has 1 aromatic rings. The third kappa shape index (κ3) is 5.52. The fourth-order valence-electron chi connectivity index (χ4n) is 1.42. The van der Waals surface area contributed by atoms with Crippen LogP contribution in [0.4, 0.5) is 4.79 Å². The third-order valence-corrected chi connectivity index (χ3v) is 3.16. The summed E-state index contributed by atoms with van der Waals surface area (Å²) >= 11 is 1.56. The average Bonchev–Trinajstić information content (AvgIpc) is 2.74. The number of hydrogen-bond acceptors (Lipinski definition) is 4. The Hall–Kier alpha value is -1.89. The molecule has 1 unspecified atom stereocenters. The van der Waals surface area contributed by atoms with Crippen LogP contribution >= 0.6 is 11.3 Å². The van der Waals surface area contributed by atoms with Gasteiger partial charge in [0.15, 0.2) is 0 Å². The molecule has 19 heavy (non-hydrogen) atoms. The number of carbonyl (C=O) groups is 2. The zero-order valence-electron chi connectivity index (χ0n) is 10.7. The highest BCUT2D eigenvalue weighted by Gasteiger charge is 2.17. The Bertz CT molecular complexity index is 459. The second-order valence-corrected chi connectivity index (χ2v) is 4.99. The van der Waals surface area contributed by atoms with E-state index in [0.717, 1.165) is 10.7 Å². The van der Waals surface area contributed by atoms with E-state index in [-0.39, 0.29) is 6.42 Å². The highest BCUT2D eigenvalue weighted by Crippen LogP contribution is 2.07. The largest absolute Gasteiger partial charge is 0.480 e. The standard InChI is InChI=1S/C12H17N3O3S/c1-3-4-10(11(16)17)15-12(18)13-6-5-9-7-19-8(2)14-9/h3,7,10H,1,4-6H2,2H3,(H,16,17)(H2,13,15,18). The molecule has 1 heterocycles. The molecule has 2 amide bonds. The van der Waals surface area contributed by atoms with Gasteiger partial charge in [-0.15, -0.1) is 17.9 Å². The van der Waals surface area contributed by atoms with Crippen LogP contribution in [0, 0.1) is 6.92 Å². The molecule has 6 nitrogen and oxygen atoms in total. The van der Waals surface area contributed by atoms with Gasteiger partial charge in [0, 0.05) is 18.3 Å². The summed E-state index contributed by atoms with van der Waals surface area (Å²) in [6, 6.07) is -1.44. The number of hydrogen-bond donors (Lipinski definition) is 3. The summed E-state index contributed by atoms with van der Waals surface area (Å²) in [7, 11) is 0. The molecule has 0 saturated heterocycles. The molecule has 3 N–H and O–H groups in total. The van der Waals surface area contributed by atoms with Crippen molar-refractivity contribution in [3.05, 3.63) is 28.7 Å². The average molecular weight is 283 g/mol. The maximum absolute atomic E-state index is 11.5. The predicted octanol–water partition coefficient (Wildman–Crippen LogP) is 1.32. The van der Waals surface area contributed by atoms with Gasteiger partial charge < -0.3 is 15.7 Å². The normalized spacial score (nSPS) is 11.6. The van der Waals surface area contributed by atoms with E-state index < -0.39 is 18.0 Å². The smallest absolute Gasteiger partial charge is 0.326 e. The van der Waals surface area contributed by atoms with Crippen LogP contribution in [0.2, 0.25) is 0 Å². The molecular weight excluding hydrogens is 266 g/mol. The second kappa shape index (κ2) is 7.52. The first-order chi connectivity index (χ1) is 9.02. The Morgan fingerprint density at radius 1 is 1.63 bits per heavy atom. The quantitative estimate of drug-likeness (QED) is 0.658. The molecule has 0 fully saturated rings. The number of aromatic nitrogens is 1. The number of nitrogens with one attached hydrogen (secondary N) is 2. The molecule has 1 rings (SSSR count). The summed E-state index contributed by atoms with van der Waals surface area (Å²) in [5.41, 5.74) is 0.920. The van der Waals surface area contributed by atoms with Crippen molar-refractivity contribution < 1.29 is 14.7 Å². The Morgan fingerprint density at radius 2 is 2.37 bits per heavy atom. The number of amides is 2. The molecule has 0 aromatic carbocycles. The predicted molar refractivity (Wildman–Crippen MR) is 73.3 cm³/mol. The van der Waals surface area contributed by atoms with Crippen LogP contribution in [-0.2, 0) is 11.2 Å². The number of carboxylic acids is 1. The molecular formula is C12H17N3O3S. The van der Waals surface area contributed by atoms with Crippen molar-refractivity contribution in [2.45, 2.75) is 25.8 Å². The first-order valence-corrected chi connectivity index (χ1v) is 6.70. The van der Waals surface area contributed by atoms with Crippen molar-refractivity contribution in [3.63, 3.8) is 0 Å². The van der Waals surface area contributed by atoms with E-state index in [2.05, 4.69) is 22.2 Å². The van der Waals surface area contributed by atoms with Gasteiger partial charge in [-0.2, -0.15) is 0 Å². The van der Waals surface area contributed by atoms with Crippen molar-refractivity contribution in [2.75, 3.05) is 6.54 Å². The monoisotopic (exact) mass is 283 g/mol. The fourth-order valence-corrected chi connectivity index (χ4v) is 2.07. The zero-order chi connectivity index (χ0) is 14.3. The van der Waals surface area contributed by atoms with Gasteiger partial charge >= 0.3 is 12.0 Å². The molecule has 7 heteroatoms. The number of carbonyl (C=O) groups excluding carboxylic acids is 1. The summed E-state index contributed by atoms with van der Waals surface area (Å²) in [6.45, 7) is 5.78. The Kier molecular flexibility index (Phi) is 6.01. The number of urea groups is 1. The van der Waals surface area contributed by atoms with E-state index in [1.165, 1.54) is 6.08 Å². The summed E-state index contributed by atoms with van der Waals surface area (Å²) in [4.78, 5) is 26.6. The molecule has 0 bridgehead atoms. The lowest BCUT2D eigenvalue weighted by Crippen LogP contribution is -2.46. The van der Waals surface area contributed by atoms with Gasteiger partial charge in [-0.3, -0.25) is 0 Å². The summed E-state index contributed by atoms with van der Waals surface area (Å²) in [5.74, 6) is -1.08. The topological polar surface area (TPSA) is 91.3 Å². The van der Waals surface area contributed by atoms with Crippen LogP contribution in [0.15, 0.2) is 18.0 Å². The van der Waals surface area contributed by atoms with Gasteiger partial charge in [-0.1, -0.05) is 6.08 Å². The van der Waals surface area contributed by atoms with Gasteiger partial charge in [-0.25, -0.2) is 14.6 Å². The molecule has 0 aliphatic rings. The maximum atomic E-state index is 11.5. The first kappa shape index (κ1) is 15.2. The zero-order valence-corrected chi connectivity index (χ0v) is 11.5. The van der Waals surface area contributed by atoms with E-state index in [4.69, 9.17) is 5.11 Å². The van der Waals surface area contributed by atoms with Gasteiger partial charge in [-0.05, 0) is 13.3 Å². The maximum Gasteiger partial charge on any atom is 0.326 e. The van der Waals surface area contributed by atoms with Crippen LogP contribution in [0.5, 0.6) is 0 Å². The summed E-state index contributed by atoms with van der Waals surface area (Å²) in [5, 5.41) is 16.8. The van der Waals surface area contributed by atoms with Gasteiger partial charge in [0.25, 0.3) is 0 Å². The lowest BCUT2D eigenvalue weighted by atomic mass is 10.2. The van der Waals surface area contributed by atoms with Crippen LogP contribution in [0.3, 0.4) is 0 Å². The minimum absolute atomic E-state index is 0.189. The van der Waals surface area contributed by atoms with Crippen molar-refractivity contribution in [1.29, 1.82) is 0 Å². The van der Waals surface area contributed by atoms with E-state index in [1.807, 2.05) is 12.3 Å². The van der Waals surface area contributed by atoms with Crippen molar-refractivity contribution in [1.82, 2.24) is 15.6 Å². The van der Waals surface area contributed by atoms with E-state index in [9.17, 15) is 9.59 Å². The molecule has 0 saturated carbocycles. The minimum atomic E-state index is -1.08. The van der Waals surface area contributed by atoms with Gasteiger partial charge in [0.05, 0.1) is 10.7 Å². The SMILES string of the molecule is C=CCC(NC(=O)NCCc1csc(C)n1)C(=O)O. The summed E-state index contributed by atoms with van der Waals surface area (Å²) < 4.78 is 0. The number of aliphatic carboxylic acids is 1. The van der Waals surface area contributed by atoms with E-state index in [1.54, 1.807) is 11.3 Å². The van der Waals surface area contributed by atoms with Crippen molar-refractivity contribution in [2.24, 2.45) is 0 Å². The summed E-state index contributed by atoms with van der Waals surface area (Å²) in [6.07, 6.45) is 2.27. The van der Waals surface area contributed by atoms with E-state index >= 15 is 0 Å². The molecule has 0 aliphatic carbocycles.